The molecule has 0 saturated carbocycles. The molecule has 2 aromatic carbocycles. The van der Waals surface area contributed by atoms with Crippen LogP contribution in [0.25, 0.3) is 16.7 Å². The number of nitrogens with zero attached hydrogens (tertiary/aromatic N) is 2. The van der Waals surface area contributed by atoms with Gasteiger partial charge in [0.25, 0.3) is 5.91 Å². The number of hydrogen-bond acceptors (Lipinski definition) is 4. The summed E-state index contributed by atoms with van der Waals surface area (Å²) in [6.45, 7) is 3.87. The van der Waals surface area contributed by atoms with Gasteiger partial charge in [-0.05, 0) is 61.9 Å². The van der Waals surface area contributed by atoms with Crippen molar-refractivity contribution >= 4 is 22.6 Å². The minimum absolute atomic E-state index is 0.258. The number of nitrogens with one attached hydrogen (secondary N) is 1. The minimum Gasteiger partial charge on any atom is -0.497 e. The van der Waals surface area contributed by atoms with E-state index in [1.54, 1.807) is 25.6 Å². The molecule has 6 heteroatoms. The number of fused-ring (bicyclic) bond motifs is 1. The maximum atomic E-state index is 12.6. The van der Waals surface area contributed by atoms with Gasteiger partial charge in [-0.3, -0.25) is 4.79 Å². The highest BCUT2D eigenvalue weighted by atomic mass is 16.5. The van der Waals surface area contributed by atoms with Gasteiger partial charge >= 0.3 is 0 Å². The van der Waals surface area contributed by atoms with Gasteiger partial charge in [0.2, 0.25) is 0 Å². The molecule has 0 spiro atoms. The van der Waals surface area contributed by atoms with E-state index >= 15 is 0 Å². The zero-order valence-electron chi connectivity index (χ0n) is 15.3. The van der Waals surface area contributed by atoms with Crippen molar-refractivity contribution in [3.05, 3.63) is 72.0 Å². The SMILES string of the molecule is COc1ccc(-n2cc(C(=O)Nc3ccc4occc4c3)nc2C)c(C)c1. The lowest BCUT2D eigenvalue weighted by Crippen LogP contribution is -2.12. The molecule has 2 heterocycles. The number of carbonyl (C=O) groups excluding carboxylic acids is 1. The summed E-state index contributed by atoms with van der Waals surface area (Å²) in [6, 6.07) is 13.2. The third-order valence-corrected chi connectivity index (χ3v) is 4.49. The van der Waals surface area contributed by atoms with Gasteiger partial charge in [0, 0.05) is 23.0 Å². The Morgan fingerprint density at radius 3 is 2.78 bits per heavy atom. The maximum absolute atomic E-state index is 12.6. The van der Waals surface area contributed by atoms with Crippen LogP contribution in [-0.2, 0) is 0 Å². The molecule has 0 bridgehead atoms. The molecule has 1 N–H and O–H groups in total. The maximum Gasteiger partial charge on any atom is 0.275 e. The molecule has 2 aromatic heterocycles. The summed E-state index contributed by atoms with van der Waals surface area (Å²) in [7, 11) is 1.64. The van der Waals surface area contributed by atoms with Crippen LogP contribution < -0.4 is 10.1 Å². The zero-order chi connectivity index (χ0) is 19.0. The Labute approximate surface area is 156 Å². The van der Waals surface area contributed by atoms with Crippen molar-refractivity contribution in [3.63, 3.8) is 0 Å². The average Bonchev–Trinajstić information content (AvgIpc) is 3.27. The number of ether oxygens (including phenoxy) is 1. The number of anilines is 1. The minimum atomic E-state index is -0.258. The Morgan fingerprint density at radius 2 is 2.00 bits per heavy atom. The van der Waals surface area contributed by atoms with E-state index in [0.717, 1.165) is 33.8 Å². The molecule has 0 atom stereocenters. The normalized spacial score (nSPS) is 10.9. The van der Waals surface area contributed by atoms with Gasteiger partial charge in [-0.1, -0.05) is 0 Å². The predicted octanol–water partition coefficient (Wildman–Crippen LogP) is 4.50. The van der Waals surface area contributed by atoms with Crippen molar-refractivity contribution in [1.29, 1.82) is 0 Å². The number of aromatic nitrogens is 2. The number of carbonyl (C=O) groups is 1. The third kappa shape index (κ3) is 3.17. The molecule has 4 aromatic rings. The van der Waals surface area contributed by atoms with Gasteiger partial charge < -0.3 is 19.0 Å². The molecule has 0 aliphatic rings. The molecule has 27 heavy (non-hydrogen) atoms. The molecule has 0 saturated heterocycles. The fraction of sp³-hybridized carbons (Fsp3) is 0.143. The van der Waals surface area contributed by atoms with Crippen LogP contribution >= 0.6 is 0 Å². The van der Waals surface area contributed by atoms with Gasteiger partial charge in [-0.2, -0.15) is 0 Å². The van der Waals surface area contributed by atoms with E-state index < -0.39 is 0 Å². The van der Waals surface area contributed by atoms with Crippen molar-refractivity contribution in [2.75, 3.05) is 12.4 Å². The molecule has 4 rings (SSSR count). The summed E-state index contributed by atoms with van der Waals surface area (Å²) < 4.78 is 12.5. The van der Waals surface area contributed by atoms with E-state index in [0.29, 0.717) is 11.4 Å². The lowest BCUT2D eigenvalue weighted by Gasteiger charge is -2.10. The number of methoxy groups -OCH3 is 1. The second-order valence-corrected chi connectivity index (χ2v) is 6.32. The van der Waals surface area contributed by atoms with Crippen LogP contribution in [0, 0.1) is 13.8 Å². The van der Waals surface area contributed by atoms with Crippen molar-refractivity contribution in [3.8, 4) is 11.4 Å². The first-order chi connectivity index (χ1) is 13.0. The molecule has 0 aliphatic heterocycles. The number of imidazole rings is 1. The van der Waals surface area contributed by atoms with Crippen molar-refractivity contribution in [1.82, 2.24) is 9.55 Å². The Kier molecular flexibility index (Phi) is 4.16. The van der Waals surface area contributed by atoms with Crippen LogP contribution in [0.15, 0.2) is 59.3 Å². The van der Waals surface area contributed by atoms with Gasteiger partial charge in [0.05, 0.1) is 13.4 Å². The van der Waals surface area contributed by atoms with Crippen LogP contribution in [0.3, 0.4) is 0 Å². The predicted molar refractivity (Wildman–Crippen MR) is 104 cm³/mol. The molecule has 0 aliphatic carbocycles. The van der Waals surface area contributed by atoms with Crippen LogP contribution in [0.2, 0.25) is 0 Å². The quantitative estimate of drug-likeness (QED) is 0.581. The Hall–Kier alpha value is -3.54. The number of aryl methyl sites for hydroxylation is 2. The van der Waals surface area contributed by atoms with Crippen molar-refractivity contribution < 1.29 is 13.9 Å². The average molecular weight is 361 g/mol. The topological polar surface area (TPSA) is 69.3 Å². The van der Waals surface area contributed by atoms with Crippen molar-refractivity contribution in [2.24, 2.45) is 0 Å². The first kappa shape index (κ1) is 16.9. The van der Waals surface area contributed by atoms with E-state index in [4.69, 9.17) is 9.15 Å². The van der Waals surface area contributed by atoms with E-state index in [2.05, 4.69) is 10.3 Å². The summed E-state index contributed by atoms with van der Waals surface area (Å²) in [6.07, 6.45) is 3.37. The number of hydrogen-bond donors (Lipinski definition) is 1. The summed E-state index contributed by atoms with van der Waals surface area (Å²) in [4.78, 5) is 17.1. The highest BCUT2D eigenvalue weighted by Crippen LogP contribution is 2.23. The highest BCUT2D eigenvalue weighted by Gasteiger charge is 2.15. The summed E-state index contributed by atoms with van der Waals surface area (Å²) in [5, 5.41) is 3.82. The van der Waals surface area contributed by atoms with Gasteiger partial charge in [0.1, 0.15) is 22.9 Å². The zero-order valence-corrected chi connectivity index (χ0v) is 15.3. The Balaban J connectivity index is 1.61. The summed E-state index contributed by atoms with van der Waals surface area (Å²) in [5.74, 6) is 1.27. The monoisotopic (exact) mass is 361 g/mol. The number of benzene rings is 2. The standard InChI is InChI=1S/C21H19N3O3/c1-13-10-17(26-3)5-6-19(13)24-12-18(22-14(24)2)21(25)23-16-4-7-20-15(11-16)8-9-27-20/h4-12H,1-3H3,(H,23,25). The summed E-state index contributed by atoms with van der Waals surface area (Å²) in [5.41, 5.74) is 3.83. The summed E-state index contributed by atoms with van der Waals surface area (Å²) >= 11 is 0. The number of furan rings is 1. The third-order valence-electron chi connectivity index (χ3n) is 4.49. The molecular formula is C21H19N3O3. The largest absolute Gasteiger partial charge is 0.497 e. The number of amides is 1. The molecule has 0 radical (unpaired) electrons. The second-order valence-electron chi connectivity index (χ2n) is 6.32. The lowest BCUT2D eigenvalue weighted by molar-refractivity contribution is 0.102. The Bertz CT molecular complexity index is 1140. The van der Waals surface area contributed by atoms with Crippen molar-refractivity contribution in [2.45, 2.75) is 13.8 Å². The van der Waals surface area contributed by atoms with E-state index in [1.165, 1.54) is 0 Å². The van der Waals surface area contributed by atoms with Gasteiger partial charge in [-0.15, -0.1) is 0 Å². The van der Waals surface area contributed by atoms with Crippen LogP contribution in [-0.4, -0.2) is 22.6 Å². The molecule has 0 fully saturated rings. The van der Waals surface area contributed by atoms with E-state index in [-0.39, 0.29) is 5.91 Å². The molecular weight excluding hydrogens is 342 g/mol. The molecule has 6 nitrogen and oxygen atoms in total. The van der Waals surface area contributed by atoms with Gasteiger partial charge in [0.15, 0.2) is 0 Å². The first-order valence-corrected chi connectivity index (χ1v) is 8.55. The van der Waals surface area contributed by atoms with Gasteiger partial charge in [-0.25, -0.2) is 4.98 Å². The fourth-order valence-corrected chi connectivity index (χ4v) is 3.09. The van der Waals surface area contributed by atoms with E-state index in [1.807, 2.05) is 54.8 Å². The lowest BCUT2D eigenvalue weighted by atomic mass is 10.2. The van der Waals surface area contributed by atoms with E-state index in [9.17, 15) is 4.79 Å². The van der Waals surface area contributed by atoms with Crippen LogP contribution in [0.1, 0.15) is 21.9 Å². The van der Waals surface area contributed by atoms with Crippen LogP contribution in [0.4, 0.5) is 5.69 Å². The molecule has 136 valence electrons. The first-order valence-electron chi connectivity index (χ1n) is 8.55. The Morgan fingerprint density at radius 1 is 1.15 bits per heavy atom. The second kappa shape index (κ2) is 6.64. The smallest absolute Gasteiger partial charge is 0.275 e. The fourth-order valence-electron chi connectivity index (χ4n) is 3.09. The molecule has 1 amide bonds. The van der Waals surface area contributed by atoms with Crippen LogP contribution in [0.5, 0.6) is 5.75 Å². The molecule has 0 unspecified atom stereocenters. The number of rotatable bonds is 4. The highest BCUT2D eigenvalue weighted by molar-refractivity contribution is 6.03.